The van der Waals surface area contributed by atoms with E-state index in [-0.39, 0.29) is 29.3 Å². The number of nitrogens with two attached hydrogens (primary N) is 1. The highest BCUT2D eigenvalue weighted by atomic mass is 35.5. The minimum Gasteiger partial charge on any atom is -0.493 e. The first-order chi connectivity index (χ1) is 10.9. The standard InChI is InChI=1S/C16H26N2O4S.ClH/c1-11-8-14(21-2)15(22-3)9-16(11)23(19,20)18-13-7-5-4-6-12(13)10-17;/h8-9,12-13,18H,4-7,10,17H2,1-3H3;1H. The summed E-state index contributed by atoms with van der Waals surface area (Å²) < 4.78 is 38.9. The minimum atomic E-state index is -3.63. The lowest BCUT2D eigenvalue weighted by Gasteiger charge is -2.31. The molecule has 138 valence electrons. The largest absolute Gasteiger partial charge is 0.493 e. The molecular formula is C16H27ClN2O4S. The maximum atomic E-state index is 12.8. The summed E-state index contributed by atoms with van der Waals surface area (Å²) in [5, 5.41) is 0. The SMILES string of the molecule is COc1cc(C)c(S(=O)(=O)NC2CCCCC2CN)cc1OC.Cl. The van der Waals surface area contributed by atoms with Crippen LogP contribution in [0, 0.1) is 12.8 Å². The molecule has 2 rings (SSSR count). The molecule has 0 aliphatic heterocycles. The minimum absolute atomic E-state index is 0. The quantitative estimate of drug-likeness (QED) is 0.792. The highest BCUT2D eigenvalue weighted by Crippen LogP contribution is 2.33. The van der Waals surface area contributed by atoms with Crippen molar-refractivity contribution in [3.63, 3.8) is 0 Å². The number of nitrogens with one attached hydrogen (secondary N) is 1. The van der Waals surface area contributed by atoms with Crippen LogP contribution < -0.4 is 19.9 Å². The smallest absolute Gasteiger partial charge is 0.241 e. The van der Waals surface area contributed by atoms with Crippen LogP contribution >= 0.6 is 12.4 Å². The molecule has 2 atom stereocenters. The predicted molar refractivity (Wildman–Crippen MR) is 96.7 cm³/mol. The van der Waals surface area contributed by atoms with Crippen molar-refractivity contribution in [3.8, 4) is 11.5 Å². The van der Waals surface area contributed by atoms with Crippen LogP contribution in [0.5, 0.6) is 11.5 Å². The zero-order chi connectivity index (χ0) is 17.0. The van der Waals surface area contributed by atoms with E-state index in [1.165, 1.54) is 20.3 Å². The summed E-state index contributed by atoms with van der Waals surface area (Å²) in [6, 6.07) is 3.08. The fourth-order valence-corrected chi connectivity index (χ4v) is 4.74. The van der Waals surface area contributed by atoms with Crippen LogP contribution in [-0.4, -0.2) is 35.2 Å². The number of ether oxygens (including phenoxy) is 2. The molecule has 8 heteroatoms. The molecule has 1 aromatic rings. The van der Waals surface area contributed by atoms with Crippen molar-refractivity contribution in [2.75, 3.05) is 20.8 Å². The summed E-state index contributed by atoms with van der Waals surface area (Å²) in [6.07, 6.45) is 3.92. The molecule has 0 amide bonds. The second-order valence-corrected chi connectivity index (χ2v) is 7.66. The molecule has 2 unspecified atom stereocenters. The molecule has 1 aromatic carbocycles. The third kappa shape index (κ3) is 4.53. The van der Waals surface area contributed by atoms with Crippen molar-refractivity contribution in [3.05, 3.63) is 17.7 Å². The summed E-state index contributed by atoms with van der Waals surface area (Å²) in [5.74, 6) is 1.11. The van der Waals surface area contributed by atoms with Gasteiger partial charge in [0.15, 0.2) is 11.5 Å². The van der Waals surface area contributed by atoms with Crippen molar-refractivity contribution in [1.82, 2.24) is 4.72 Å². The monoisotopic (exact) mass is 378 g/mol. The zero-order valence-corrected chi connectivity index (χ0v) is 16.0. The molecule has 0 aromatic heterocycles. The zero-order valence-electron chi connectivity index (χ0n) is 14.4. The molecule has 24 heavy (non-hydrogen) atoms. The van der Waals surface area contributed by atoms with Gasteiger partial charge >= 0.3 is 0 Å². The first kappa shape index (κ1) is 21.0. The predicted octanol–water partition coefficient (Wildman–Crippen LogP) is 2.23. The van der Waals surface area contributed by atoms with E-state index in [0.29, 0.717) is 23.6 Å². The highest BCUT2D eigenvalue weighted by Gasteiger charge is 2.30. The normalized spacial score (nSPS) is 21.0. The number of aryl methyl sites for hydroxylation is 1. The van der Waals surface area contributed by atoms with Crippen molar-refractivity contribution >= 4 is 22.4 Å². The van der Waals surface area contributed by atoms with Crippen molar-refractivity contribution in [1.29, 1.82) is 0 Å². The summed E-state index contributed by atoms with van der Waals surface area (Å²) in [5.41, 5.74) is 6.41. The van der Waals surface area contributed by atoms with E-state index < -0.39 is 10.0 Å². The van der Waals surface area contributed by atoms with Gasteiger partial charge in [-0.1, -0.05) is 12.8 Å². The third-order valence-electron chi connectivity index (χ3n) is 4.49. The van der Waals surface area contributed by atoms with E-state index in [4.69, 9.17) is 15.2 Å². The fourth-order valence-electron chi connectivity index (χ4n) is 3.16. The van der Waals surface area contributed by atoms with E-state index >= 15 is 0 Å². The Bertz CT molecular complexity index is 652. The van der Waals surface area contributed by atoms with Gasteiger partial charge in [0.25, 0.3) is 0 Å². The number of methoxy groups -OCH3 is 2. The molecule has 0 heterocycles. The van der Waals surface area contributed by atoms with Gasteiger partial charge in [-0.2, -0.15) is 0 Å². The Morgan fingerprint density at radius 2 is 1.75 bits per heavy atom. The average molecular weight is 379 g/mol. The molecular weight excluding hydrogens is 352 g/mol. The van der Waals surface area contributed by atoms with Gasteiger partial charge in [-0.25, -0.2) is 13.1 Å². The van der Waals surface area contributed by atoms with Gasteiger partial charge in [0, 0.05) is 12.1 Å². The van der Waals surface area contributed by atoms with E-state index in [1.807, 2.05) is 0 Å². The van der Waals surface area contributed by atoms with Gasteiger partial charge in [0.1, 0.15) is 0 Å². The van der Waals surface area contributed by atoms with Crippen LogP contribution in [0.1, 0.15) is 31.2 Å². The maximum absolute atomic E-state index is 12.8. The number of halogens is 1. The van der Waals surface area contributed by atoms with E-state index in [1.54, 1.807) is 13.0 Å². The molecule has 0 spiro atoms. The van der Waals surface area contributed by atoms with Crippen molar-refractivity contribution in [2.45, 2.75) is 43.5 Å². The number of sulfonamides is 1. The molecule has 1 aliphatic rings. The van der Waals surface area contributed by atoms with E-state index in [2.05, 4.69) is 4.72 Å². The molecule has 0 radical (unpaired) electrons. The number of rotatable bonds is 6. The lowest BCUT2D eigenvalue weighted by atomic mass is 9.85. The van der Waals surface area contributed by atoms with E-state index in [9.17, 15) is 8.42 Å². The van der Waals surface area contributed by atoms with Crippen LogP contribution in [0.3, 0.4) is 0 Å². The average Bonchev–Trinajstić information content (AvgIpc) is 2.54. The molecule has 0 bridgehead atoms. The van der Waals surface area contributed by atoms with Crippen LogP contribution in [0.4, 0.5) is 0 Å². The Morgan fingerprint density at radius 1 is 1.17 bits per heavy atom. The molecule has 0 saturated heterocycles. The Morgan fingerprint density at radius 3 is 2.33 bits per heavy atom. The Hall–Kier alpha value is -1.02. The summed E-state index contributed by atoms with van der Waals surface area (Å²) in [6.45, 7) is 2.25. The molecule has 1 saturated carbocycles. The van der Waals surface area contributed by atoms with Crippen molar-refractivity contribution in [2.24, 2.45) is 11.7 Å². The molecule has 3 N–H and O–H groups in total. The summed E-state index contributed by atoms with van der Waals surface area (Å²) in [7, 11) is -0.618. The lowest BCUT2D eigenvalue weighted by Crippen LogP contribution is -2.44. The fraction of sp³-hybridized carbons (Fsp3) is 0.625. The Balaban J connectivity index is 0.00000288. The Labute approximate surface area is 150 Å². The highest BCUT2D eigenvalue weighted by molar-refractivity contribution is 7.89. The molecule has 1 fully saturated rings. The summed E-state index contributed by atoms with van der Waals surface area (Å²) >= 11 is 0. The van der Waals surface area contributed by atoms with Crippen LogP contribution in [0.15, 0.2) is 17.0 Å². The number of hydrogen-bond acceptors (Lipinski definition) is 5. The van der Waals surface area contributed by atoms with Gasteiger partial charge in [0.2, 0.25) is 10.0 Å². The van der Waals surface area contributed by atoms with Crippen LogP contribution in [-0.2, 0) is 10.0 Å². The van der Waals surface area contributed by atoms with Crippen LogP contribution in [0.2, 0.25) is 0 Å². The molecule has 6 nitrogen and oxygen atoms in total. The third-order valence-corrected chi connectivity index (χ3v) is 6.12. The van der Waals surface area contributed by atoms with E-state index in [0.717, 1.165) is 25.7 Å². The number of benzene rings is 1. The first-order valence-corrected chi connectivity index (χ1v) is 9.36. The summed E-state index contributed by atoms with van der Waals surface area (Å²) in [4.78, 5) is 0.219. The Kier molecular flexibility index (Phi) is 7.79. The maximum Gasteiger partial charge on any atom is 0.241 e. The topological polar surface area (TPSA) is 90.7 Å². The lowest BCUT2D eigenvalue weighted by molar-refractivity contribution is 0.296. The number of hydrogen-bond donors (Lipinski definition) is 2. The first-order valence-electron chi connectivity index (χ1n) is 7.88. The van der Waals surface area contributed by atoms with Gasteiger partial charge in [-0.15, -0.1) is 12.4 Å². The van der Waals surface area contributed by atoms with Gasteiger partial charge < -0.3 is 15.2 Å². The van der Waals surface area contributed by atoms with Gasteiger partial charge in [-0.05, 0) is 43.9 Å². The van der Waals surface area contributed by atoms with Crippen LogP contribution in [0.25, 0.3) is 0 Å². The van der Waals surface area contributed by atoms with Gasteiger partial charge in [0.05, 0.1) is 19.1 Å². The second-order valence-electron chi connectivity index (χ2n) is 5.98. The van der Waals surface area contributed by atoms with Gasteiger partial charge in [-0.3, -0.25) is 0 Å². The molecule has 1 aliphatic carbocycles. The second kappa shape index (κ2) is 8.89. The van der Waals surface area contributed by atoms with Crippen molar-refractivity contribution < 1.29 is 17.9 Å².